The molecule has 1 amide bonds. The minimum Gasteiger partial charge on any atom is -0.326 e. The van der Waals surface area contributed by atoms with Crippen molar-refractivity contribution in [2.45, 2.75) is 23.9 Å². The number of nitrogens with two attached hydrogens (primary N) is 1. The molecule has 0 aliphatic rings. The van der Waals surface area contributed by atoms with Crippen LogP contribution in [0.25, 0.3) is 5.69 Å². The molecule has 0 saturated carbocycles. The van der Waals surface area contributed by atoms with Crippen LogP contribution in [-0.2, 0) is 21.2 Å². The molecule has 0 fully saturated rings. The van der Waals surface area contributed by atoms with E-state index in [0.717, 1.165) is 23.1 Å². The molecule has 1 unspecified atom stereocenters. The van der Waals surface area contributed by atoms with Crippen molar-refractivity contribution in [3.05, 3.63) is 71.8 Å². The van der Waals surface area contributed by atoms with Crippen molar-refractivity contribution in [1.29, 1.82) is 0 Å². The van der Waals surface area contributed by atoms with Gasteiger partial charge in [-0.1, -0.05) is 18.2 Å². The van der Waals surface area contributed by atoms with Crippen molar-refractivity contribution in [3.63, 3.8) is 0 Å². The molecule has 0 bridgehead atoms. The first-order valence-corrected chi connectivity index (χ1v) is 10.3. The summed E-state index contributed by atoms with van der Waals surface area (Å²) in [4.78, 5) is 11.7. The van der Waals surface area contributed by atoms with Gasteiger partial charge in [-0.25, -0.2) is 35.8 Å². The molecule has 0 saturated heterocycles. The molecule has 0 spiro atoms. The maximum atomic E-state index is 13.7. The van der Waals surface area contributed by atoms with Crippen molar-refractivity contribution >= 4 is 21.6 Å². The largest absolute Gasteiger partial charge is 0.326 e. The van der Waals surface area contributed by atoms with E-state index < -0.39 is 44.8 Å². The molecule has 2 aromatic carbocycles. The van der Waals surface area contributed by atoms with Crippen LogP contribution in [0.2, 0.25) is 0 Å². The summed E-state index contributed by atoms with van der Waals surface area (Å²) in [6.45, 7) is 0. The van der Waals surface area contributed by atoms with E-state index >= 15 is 0 Å². The molecule has 1 atom stereocenters. The van der Waals surface area contributed by atoms with Gasteiger partial charge in [-0.05, 0) is 29.8 Å². The number of hydrogen-bond donors (Lipinski definition) is 2. The predicted molar refractivity (Wildman–Crippen MR) is 104 cm³/mol. The fourth-order valence-electron chi connectivity index (χ4n) is 2.79. The molecular formula is C19H16F4N4O3S. The second-order valence-electron chi connectivity index (χ2n) is 6.50. The minimum atomic E-state index is -4.35. The summed E-state index contributed by atoms with van der Waals surface area (Å²) in [6, 6.07) is 9.22. The first-order chi connectivity index (χ1) is 14.6. The Balaban J connectivity index is 1.89. The van der Waals surface area contributed by atoms with Crippen LogP contribution in [0, 0.1) is 5.82 Å². The Morgan fingerprint density at radius 1 is 1.16 bits per heavy atom. The lowest BCUT2D eigenvalue weighted by atomic mass is 10.1. The predicted octanol–water partition coefficient (Wildman–Crippen LogP) is 3.12. The Bertz CT molecular complexity index is 1210. The van der Waals surface area contributed by atoms with Crippen molar-refractivity contribution < 1.29 is 30.8 Å². The van der Waals surface area contributed by atoms with Crippen LogP contribution in [-0.4, -0.2) is 30.5 Å². The normalized spacial score (nSPS) is 12.7. The average molecular weight is 456 g/mol. The van der Waals surface area contributed by atoms with E-state index in [2.05, 4.69) is 10.4 Å². The van der Waals surface area contributed by atoms with Gasteiger partial charge in [0.25, 0.3) is 6.43 Å². The number of carbonyl (C=O) groups excluding carboxylic acids is 1. The molecule has 1 heterocycles. The van der Waals surface area contributed by atoms with Crippen LogP contribution in [0.15, 0.2) is 59.8 Å². The highest BCUT2D eigenvalue weighted by Gasteiger charge is 2.24. The third kappa shape index (κ3) is 5.27. The molecule has 3 aromatic rings. The van der Waals surface area contributed by atoms with E-state index in [1.807, 2.05) is 0 Å². The maximum absolute atomic E-state index is 13.7. The number of amides is 1. The second kappa shape index (κ2) is 8.86. The van der Waals surface area contributed by atoms with Gasteiger partial charge in [0.2, 0.25) is 15.9 Å². The van der Waals surface area contributed by atoms with Gasteiger partial charge in [0.05, 0.1) is 18.3 Å². The van der Waals surface area contributed by atoms with Crippen molar-refractivity contribution in [2.24, 2.45) is 5.14 Å². The van der Waals surface area contributed by atoms with E-state index in [-0.39, 0.29) is 23.4 Å². The Hall–Kier alpha value is -3.25. The molecule has 31 heavy (non-hydrogen) atoms. The third-order valence-corrected chi connectivity index (χ3v) is 5.19. The zero-order valence-corrected chi connectivity index (χ0v) is 16.5. The van der Waals surface area contributed by atoms with Gasteiger partial charge >= 0.3 is 0 Å². The number of primary sulfonamides is 1. The Morgan fingerprint density at radius 3 is 2.52 bits per heavy atom. The molecule has 7 nitrogen and oxygen atoms in total. The topological polar surface area (TPSA) is 107 Å². The maximum Gasteiger partial charge on any atom is 0.273 e. The average Bonchev–Trinajstić information content (AvgIpc) is 3.18. The number of nitrogens with one attached hydrogen (secondary N) is 1. The monoisotopic (exact) mass is 456 g/mol. The summed E-state index contributed by atoms with van der Waals surface area (Å²) in [6.07, 6.45) is -4.41. The molecule has 3 rings (SSSR count). The van der Waals surface area contributed by atoms with Crippen LogP contribution in [0.3, 0.4) is 0 Å². The molecule has 0 aliphatic carbocycles. The van der Waals surface area contributed by atoms with Crippen molar-refractivity contribution in [3.8, 4) is 5.69 Å². The van der Waals surface area contributed by atoms with E-state index in [9.17, 15) is 30.8 Å². The third-order valence-electron chi connectivity index (χ3n) is 4.25. The lowest BCUT2D eigenvalue weighted by molar-refractivity contribution is -0.115. The molecule has 12 heteroatoms. The van der Waals surface area contributed by atoms with E-state index in [1.54, 1.807) is 6.07 Å². The summed E-state index contributed by atoms with van der Waals surface area (Å²) in [5.41, 5.74) is -0.399. The van der Waals surface area contributed by atoms with Gasteiger partial charge in [-0.3, -0.25) is 4.79 Å². The van der Waals surface area contributed by atoms with Crippen molar-refractivity contribution in [1.82, 2.24) is 9.78 Å². The summed E-state index contributed by atoms with van der Waals surface area (Å²) in [7, 11) is -4.35. The summed E-state index contributed by atoms with van der Waals surface area (Å²) in [5.74, 6) is -1.18. The van der Waals surface area contributed by atoms with Gasteiger partial charge in [0, 0.05) is 17.4 Å². The van der Waals surface area contributed by atoms with Crippen LogP contribution in [0.1, 0.15) is 17.3 Å². The number of carbonyl (C=O) groups is 1. The Labute approximate surface area is 174 Å². The minimum absolute atomic E-state index is 0.0393. The fourth-order valence-corrected chi connectivity index (χ4v) is 3.53. The first-order valence-electron chi connectivity index (χ1n) is 8.73. The highest BCUT2D eigenvalue weighted by atomic mass is 32.2. The summed E-state index contributed by atoms with van der Waals surface area (Å²) >= 11 is 0. The number of alkyl halides is 3. The van der Waals surface area contributed by atoms with Gasteiger partial charge in [0.15, 0.2) is 6.17 Å². The number of rotatable bonds is 7. The lowest BCUT2D eigenvalue weighted by Crippen LogP contribution is -2.18. The molecule has 164 valence electrons. The number of anilines is 1. The van der Waals surface area contributed by atoms with Gasteiger partial charge < -0.3 is 5.32 Å². The molecule has 0 aliphatic heterocycles. The van der Waals surface area contributed by atoms with Gasteiger partial charge in [-0.15, -0.1) is 0 Å². The van der Waals surface area contributed by atoms with E-state index in [1.165, 1.54) is 30.3 Å². The Kier molecular flexibility index (Phi) is 6.41. The summed E-state index contributed by atoms with van der Waals surface area (Å²) < 4.78 is 77.3. The SMILES string of the molecule is NS(=O)(=O)c1cc(NC(=O)Cc2ccccc2F)ccc1-n1cc(C(F)C(F)F)cn1. The fraction of sp³-hybridized carbons (Fsp3) is 0.158. The number of benzene rings is 2. The number of hydrogen-bond acceptors (Lipinski definition) is 4. The molecular weight excluding hydrogens is 440 g/mol. The molecule has 1 aromatic heterocycles. The lowest BCUT2D eigenvalue weighted by Gasteiger charge is -2.12. The Morgan fingerprint density at radius 2 is 1.87 bits per heavy atom. The highest BCUT2D eigenvalue weighted by molar-refractivity contribution is 7.89. The van der Waals surface area contributed by atoms with Crippen LogP contribution < -0.4 is 10.5 Å². The van der Waals surface area contributed by atoms with Crippen LogP contribution >= 0.6 is 0 Å². The number of aromatic nitrogens is 2. The smallest absolute Gasteiger partial charge is 0.273 e. The number of halogens is 4. The molecule has 3 N–H and O–H groups in total. The zero-order chi connectivity index (χ0) is 22.8. The molecule has 0 radical (unpaired) electrons. The van der Waals surface area contributed by atoms with Crippen LogP contribution in [0.4, 0.5) is 23.2 Å². The van der Waals surface area contributed by atoms with E-state index in [4.69, 9.17) is 5.14 Å². The standard InChI is InChI=1S/C19H16F4N4O3S/c20-14-4-2-1-3-11(14)7-17(28)26-13-5-6-15(16(8-13)31(24,29)30)27-10-12(9-25-27)18(21)19(22)23/h1-6,8-10,18-19H,7H2,(H,26,28)(H2,24,29,30). The second-order valence-corrected chi connectivity index (χ2v) is 8.03. The first kappa shape index (κ1) is 22.4. The number of nitrogens with zero attached hydrogens (tertiary/aromatic N) is 2. The van der Waals surface area contributed by atoms with Gasteiger partial charge in [0.1, 0.15) is 10.7 Å². The van der Waals surface area contributed by atoms with Crippen LogP contribution in [0.5, 0.6) is 0 Å². The number of sulfonamides is 1. The summed E-state index contributed by atoms with van der Waals surface area (Å²) in [5, 5.41) is 11.4. The zero-order valence-electron chi connectivity index (χ0n) is 15.7. The van der Waals surface area contributed by atoms with Crippen molar-refractivity contribution in [2.75, 3.05) is 5.32 Å². The highest BCUT2D eigenvalue weighted by Crippen LogP contribution is 2.27. The van der Waals surface area contributed by atoms with E-state index in [0.29, 0.717) is 0 Å². The van der Waals surface area contributed by atoms with Gasteiger partial charge in [-0.2, -0.15) is 5.10 Å². The quantitative estimate of drug-likeness (QED) is 0.533.